The molecule has 1 aromatic rings. The second-order valence-corrected chi connectivity index (χ2v) is 5.54. The second kappa shape index (κ2) is 8.98. The highest BCUT2D eigenvalue weighted by atomic mass is 16.5. The van der Waals surface area contributed by atoms with Gasteiger partial charge >= 0.3 is 0 Å². The van der Waals surface area contributed by atoms with Crippen molar-refractivity contribution < 1.29 is 4.74 Å². The lowest BCUT2D eigenvalue weighted by atomic mass is 10.1. The Morgan fingerprint density at radius 3 is 2.15 bits per heavy atom. The molecule has 0 heterocycles. The van der Waals surface area contributed by atoms with Gasteiger partial charge in [-0.05, 0) is 58.2 Å². The fraction of sp³-hybridized carbons (Fsp3) is 0.647. The Balaban J connectivity index is 2.39. The third kappa shape index (κ3) is 5.93. The minimum atomic E-state index is 0.560. The van der Waals surface area contributed by atoms with Gasteiger partial charge in [0.1, 0.15) is 12.4 Å². The lowest BCUT2D eigenvalue weighted by Gasteiger charge is -2.20. The Bertz CT molecular complexity index is 358. The number of nitrogens with zero attached hydrogens (tertiary/aromatic N) is 2. The topological polar surface area (TPSA) is 15.7 Å². The summed E-state index contributed by atoms with van der Waals surface area (Å²) in [5.41, 5.74) is 1.36. The summed E-state index contributed by atoms with van der Waals surface area (Å²) in [4.78, 5) is 4.61. The van der Waals surface area contributed by atoms with Crippen LogP contribution in [0.2, 0.25) is 0 Å². The average Bonchev–Trinajstić information content (AvgIpc) is 2.45. The van der Waals surface area contributed by atoms with Crippen molar-refractivity contribution in [3.05, 3.63) is 29.8 Å². The van der Waals surface area contributed by atoms with Crippen molar-refractivity contribution in [2.24, 2.45) is 0 Å². The maximum atomic E-state index is 5.80. The van der Waals surface area contributed by atoms with Crippen molar-refractivity contribution in [2.45, 2.75) is 33.2 Å². The fourth-order valence-corrected chi connectivity index (χ4v) is 2.08. The molecule has 3 heteroatoms. The Hall–Kier alpha value is -1.06. The first-order chi connectivity index (χ1) is 9.56. The number of hydrogen-bond acceptors (Lipinski definition) is 3. The molecule has 0 radical (unpaired) electrons. The quantitative estimate of drug-likeness (QED) is 0.691. The summed E-state index contributed by atoms with van der Waals surface area (Å²) in [5.74, 6) is 0.971. The molecule has 0 spiro atoms. The van der Waals surface area contributed by atoms with Gasteiger partial charge in [0.2, 0.25) is 0 Å². The standard InChI is InChI=1S/C17H30N2O/c1-6-19(7-2)12-13-20-17-10-8-16(9-11-17)14-15(3)18(4)5/h8-11,15H,6-7,12-14H2,1-5H3/t15-/m1/s1. The van der Waals surface area contributed by atoms with Gasteiger partial charge in [0.25, 0.3) is 0 Å². The van der Waals surface area contributed by atoms with Crippen LogP contribution in [0.15, 0.2) is 24.3 Å². The normalized spacial score (nSPS) is 12.9. The van der Waals surface area contributed by atoms with Crippen LogP contribution >= 0.6 is 0 Å². The predicted molar refractivity (Wildman–Crippen MR) is 86.6 cm³/mol. The highest BCUT2D eigenvalue weighted by Crippen LogP contribution is 2.14. The Morgan fingerprint density at radius 1 is 1.05 bits per heavy atom. The zero-order valence-corrected chi connectivity index (χ0v) is 13.7. The maximum Gasteiger partial charge on any atom is 0.119 e. The summed E-state index contributed by atoms with van der Waals surface area (Å²) in [5, 5.41) is 0. The molecular formula is C17H30N2O. The van der Waals surface area contributed by atoms with E-state index in [0.29, 0.717) is 6.04 Å². The van der Waals surface area contributed by atoms with Crippen LogP contribution in [0.3, 0.4) is 0 Å². The predicted octanol–water partition coefficient (Wildman–Crippen LogP) is 2.90. The average molecular weight is 278 g/mol. The third-order valence-corrected chi connectivity index (χ3v) is 3.91. The summed E-state index contributed by atoms with van der Waals surface area (Å²) in [6.07, 6.45) is 1.08. The second-order valence-electron chi connectivity index (χ2n) is 5.54. The molecule has 0 fully saturated rings. The molecular weight excluding hydrogens is 248 g/mol. The van der Waals surface area contributed by atoms with Crippen molar-refractivity contribution >= 4 is 0 Å². The summed E-state index contributed by atoms with van der Waals surface area (Å²) >= 11 is 0. The monoisotopic (exact) mass is 278 g/mol. The van der Waals surface area contributed by atoms with Crippen molar-refractivity contribution in [1.82, 2.24) is 9.80 Å². The van der Waals surface area contributed by atoms with E-state index in [1.165, 1.54) is 5.56 Å². The van der Waals surface area contributed by atoms with Gasteiger partial charge in [-0.1, -0.05) is 26.0 Å². The first-order valence-corrected chi connectivity index (χ1v) is 7.67. The fourth-order valence-electron chi connectivity index (χ4n) is 2.08. The van der Waals surface area contributed by atoms with Crippen LogP contribution in [0.5, 0.6) is 5.75 Å². The van der Waals surface area contributed by atoms with E-state index in [0.717, 1.165) is 38.4 Å². The van der Waals surface area contributed by atoms with Gasteiger partial charge in [-0.15, -0.1) is 0 Å². The number of rotatable bonds is 9. The van der Waals surface area contributed by atoms with E-state index in [1.807, 2.05) is 0 Å². The van der Waals surface area contributed by atoms with Gasteiger partial charge in [0.15, 0.2) is 0 Å². The van der Waals surface area contributed by atoms with Crippen LogP contribution in [-0.4, -0.2) is 56.2 Å². The molecule has 0 aliphatic carbocycles. The SMILES string of the molecule is CCN(CC)CCOc1ccc(C[C@@H](C)N(C)C)cc1. The molecule has 0 N–H and O–H groups in total. The molecule has 0 amide bonds. The number of ether oxygens (including phenoxy) is 1. The Labute approximate surface area is 124 Å². The van der Waals surface area contributed by atoms with E-state index in [2.05, 4.69) is 68.9 Å². The van der Waals surface area contributed by atoms with Crippen LogP contribution in [0.25, 0.3) is 0 Å². The van der Waals surface area contributed by atoms with Gasteiger partial charge in [0, 0.05) is 12.6 Å². The van der Waals surface area contributed by atoms with Gasteiger partial charge in [0.05, 0.1) is 0 Å². The van der Waals surface area contributed by atoms with Crippen LogP contribution in [0, 0.1) is 0 Å². The summed E-state index contributed by atoms with van der Waals surface area (Å²) in [7, 11) is 4.24. The van der Waals surface area contributed by atoms with Crippen molar-refractivity contribution in [3.8, 4) is 5.75 Å². The van der Waals surface area contributed by atoms with Gasteiger partial charge in [-0.25, -0.2) is 0 Å². The molecule has 3 nitrogen and oxygen atoms in total. The van der Waals surface area contributed by atoms with Crippen LogP contribution < -0.4 is 4.74 Å². The van der Waals surface area contributed by atoms with E-state index in [1.54, 1.807) is 0 Å². The van der Waals surface area contributed by atoms with Crippen molar-refractivity contribution in [1.29, 1.82) is 0 Å². The Morgan fingerprint density at radius 2 is 1.65 bits per heavy atom. The third-order valence-electron chi connectivity index (χ3n) is 3.91. The van der Waals surface area contributed by atoms with Crippen LogP contribution in [-0.2, 0) is 6.42 Å². The number of hydrogen-bond donors (Lipinski definition) is 0. The largest absolute Gasteiger partial charge is 0.492 e. The van der Waals surface area contributed by atoms with Crippen LogP contribution in [0.4, 0.5) is 0 Å². The molecule has 0 bridgehead atoms. The molecule has 1 aromatic carbocycles. The van der Waals surface area contributed by atoms with Gasteiger partial charge in [-0.3, -0.25) is 0 Å². The van der Waals surface area contributed by atoms with E-state index in [-0.39, 0.29) is 0 Å². The number of benzene rings is 1. The molecule has 0 aliphatic heterocycles. The van der Waals surface area contributed by atoms with Gasteiger partial charge < -0.3 is 14.5 Å². The number of likely N-dealkylation sites (N-methyl/N-ethyl adjacent to an activating group) is 2. The molecule has 20 heavy (non-hydrogen) atoms. The highest BCUT2D eigenvalue weighted by Gasteiger charge is 2.06. The minimum Gasteiger partial charge on any atom is -0.492 e. The first-order valence-electron chi connectivity index (χ1n) is 7.67. The molecule has 0 aromatic heterocycles. The summed E-state index contributed by atoms with van der Waals surface area (Å²) in [6, 6.07) is 9.07. The zero-order chi connectivity index (χ0) is 15.0. The summed E-state index contributed by atoms with van der Waals surface area (Å²) in [6.45, 7) is 10.5. The first kappa shape index (κ1) is 17.0. The highest BCUT2D eigenvalue weighted by molar-refractivity contribution is 5.27. The van der Waals surface area contributed by atoms with E-state index >= 15 is 0 Å². The van der Waals surface area contributed by atoms with Crippen molar-refractivity contribution in [2.75, 3.05) is 40.3 Å². The smallest absolute Gasteiger partial charge is 0.119 e. The lowest BCUT2D eigenvalue weighted by Crippen LogP contribution is -2.28. The molecule has 0 saturated carbocycles. The zero-order valence-electron chi connectivity index (χ0n) is 13.7. The van der Waals surface area contributed by atoms with E-state index in [4.69, 9.17) is 4.74 Å². The summed E-state index contributed by atoms with van der Waals surface area (Å²) < 4.78 is 5.80. The lowest BCUT2D eigenvalue weighted by molar-refractivity contribution is 0.223. The molecule has 0 aliphatic rings. The van der Waals surface area contributed by atoms with Gasteiger partial charge in [-0.2, -0.15) is 0 Å². The molecule has 0 saturated heterocycles. The Kier molecular flexibility index (Phi) is 7.63. The molecule has 1 atom stereocenters. The minimum absolute atomic E-state index is 0.560. The molecule has 1 rings (SSSR count). The maximum absolute atomic E-state index is 5.80. The van der Waals surface area contributed by atoms with E-state index in [9.17, 15) is 0 Å². The molecule has 114 valence electrons. The van der Waals surface area contributed by atoms with E-state index < -0.39 is 0 Å². The van der Waals surface area contributed by atoms with Crippen LogP contribution in [0.1, 0.15) is 26.3 Å². The molecule has 0 unspecified atom stereocenters. The van der Waals surface area contributed by atoms with Crippen molar-refractivity contribution in [3.63, 3.8) is 0 Å².